The molecule has 3 N–H and O–H groups in total. The molecule has 0 radical (unpaired) electrons. The first-order valence-electron chi connectivity index (χ1n) is 4.97. The molecule has 0 bridgehead atoms. The van der Waals surface area contributed by atoms with E-state index in [2.05, 4.69) is 38.2 Å². The Morgan fingerprint density at radius 2 is 2.25 bits per heavy atom. The number of rotatable bonds is 7. The Hall–Kier alpha value is -0.920. The van der Waals surface area contributed by atoms with E-state index in [1.165, 1.54) is 0 Å². The number of nitrogens with zero attached hydrogens (tertiary/aromatic N) is 2. The molecule has 90 valence electrons. The van der Waals surface area contributed by atoms with Gasteiger partial charge in [-0.1, -0.05) is 6.92 Å². The molecule has 1 rings (SSSR count). The van der Waals surface area contributed by atoms with Crippen LogP contribution in [0, 0.1) is 0 Å². The lowest BCUT2D eigenvalue weighted by atomic mass is 10.5. The third-order valence-electron chi connectivity index (χ3n) is 1.66. The van der Waals surface area contributed by atoms with Crippen LogP contribution in [0.5, 0.6) is 5.88 Å². The molecule has 0 aliphatic carbocycles. The number of hydrazine groups is 1. The van der Waals surface area contributed by atoms with Crippen molar-refractivity contribution in [1.29, 1.82) is 0 Å². The fraction of sp³-hybridized carbons (Fsp3) is 0.556. The van der Waals surface area contributed by atoms with Crippen LogP contribution in [0.4, 0.5) is 5.95 Å². The van der Waals surface area contributed by atoms with Gasteiger partial charge in [-0.25, -0.2) is 10.8 Å². The molecule has 1 aromatic rings. The molecule has 0 saturated carbocycles. The summed E-state index contributed by atoms with van der Waals surface area (Å²) in [5, 5.41) is 0. The number of hydrogen-bond donors (Lipinski definition) is 2. The highest BCUT2D eigenvalue weighted by atomic mass is 79.9. The van der Waals surface area contributed by atoms with Crippen molar-refractivity contribution < 1.29 is 9.47 Å². The standard InChI is InChI=1S/C9H15BrN4O2/c1-2-3-15-4-5-16-8-7(10)6-12-9(13-8)14-11/h6H,2-5,11H2,1H3,(H,12,13,14). The molecule has 0 amide bonds. The molecule has 1 aromatic heterocycles. The predicted octanol–water partition coefficient (Wildman–Crippen LogP) is 1.33. The second-order valence-electron chi connectivity index (χ2n) is 2.95. The number of halogens is 1. The maximum Gasteiger partial charge on any atom is 0.240 e. The number of hydrogen-bond acceptors (Lipinski definition) is 6. The summed E-state index contributed by atoms with van der Waals surface area (Å²) >= 11 is 3.28. The van der Waals surface area contributed by atoms with Crippen LogP contribution in [0.1, 0.15) is 13.3 Å². The van der Waals surface area contributed by atoms with E-state index in [-0.39, 0.29) is 0 Å². The smallest absolute Gasteiger partial charge is 0.240 e. The van der Waals surface area contributed by atoms with Gasteiger partial charge < -0.3 is 9.47 Å². The zero-order chi connectivity index (χ0) is 11.8. The molecule has 0 aliphatic heterocycles. The Morgan fingerprint density at radius 1 is 1.44 bits per heavy atom. The third-order valence-corrected chi connectivity index (χ3v) is 2.20. The first-order chi connectivity index (χ1) is 7.77. The van der Waals surface area contributed by atoms with Crippen LogP contribution in [0.3, 0.4) is 0 Å². The topological polar surface area (TPSA) is 82.3 Å². The van der Waals surface area contributed by atoms with E-state index in [1.807, 2.05) is 0 Å². The van der Waals surface area contributed by atoms with Crippen molar-refractivity contribution in [1.82, 2.24) is 9.97 Å². The lowest BCUT2D eigenvalue weighted by molar-refractivity contribution is 0.0987. The van der Waals surface area contributed by atoms with Gasteiger partial charge in [-0.05, 0) is 22.4 Å². The minimum Gasteiger partial charge on any atom is -0.474 e. The zero-order valence-electron chi connectivity index (χ0n) is 9.07. The van der Waals surface area contributed by atoms with Gasteiger partial charge in [0.15, 0.2) is 0 Å². The van der Waals surface area contributed by atoms with Crippen molar-refractivity contribution >= 4 is 21.9 Å². The summed E-state index contributed by atoms with van der Waals surface area (Å²) in [7, 11) is 0. The van der Waals surface area contributed by atoms with Gasteiger partial charge in [-0.2, -0.15) is 4.98 Å². The summed E-state index contributed by atoms with van der Waals surface area (Å²) in [4.78, 5) is 7.95. The number of nitrogens with one attached hydrogen (secondary N) is 1. The molecule has 6 nitrogen and oxygen atoms in total. The largest absolute Gasteiger partial charge is 0.474 e. The third kappa shape index (κ3) is 4.30. The molecule has 16 heavy (non-hydrogen) atoms. The van der Waals surface area contributed by atoms with Crippen LogP contribution in [0.2, 0.25) is 0 Å². The van der Waals surface area contributed by atoms with Gasteiger partial charge in [-0.15, -0.1) is 0 Å². The first-order valence-corrected chi connectivity index (χ1v) is 5.77. The molecule has 0 saturated heterocycles. The Labute approximate surface area is 103 Å². The van der Waals surface area contributed by atoms with Crippen molar-refractivity contribution in [2.24, 2.45) is 5.84 Å². The summed E-state index contributed by atoms with van der Waals surface area (Å²) in [6, 6.07) is 0. The first kappa shape index (κ1) is 13.1. The second kappa shape index (κ2) is 7.37. The molecular formula is C9H15BrN4O2. The molecular weight excluding hydrogens is 276 g/mol. The zero-order valence-corrected chi connectivity index (χ0v) is 10.7. The highest BCUT2D eigenvalue weighted by molar-refractivity contribution is 9.10. The van der Waals surface area contributed by atoms with Crippen LogP contribution >= 0.6 is 15.9 Å². The van der Waals surface area contributed by atoms with Gasteiger partial charge >= 0.3 is 0 Å². The SMILES string of the molecule is CCCOCCOc1nc(NN)ncc1Br. The van der Waals surface area contributed by atoms with Gasteiger partial charge in [0.1, 0.15) is 6.61 Å². The summed E-state index contributed by atoms with van der Waals surface area (Å²) in [5.74, 6) is 5.95. The minimum atomic E-state index is 0.313. The van der Waals surface area contributed by atoms with Crippen LogP contribution in [-0.4, -0.2) is 29.8 Å². The van der Waals surface area contributed by atoms with Crippen LogP contribution in [-0.2, 0) is 4.74 Å². The van der Waals surface area contributed by atoms with E-state index >= 15 is 0 Å². The number of aromatic nitrogens is 2. The van der Waals surface area contributed by atoms with E-state index in [0.29, 0.717) is 29.5 Å². The highest BCUT2D eigenvalue weighted by Gasteiger charge is 2.05. The van der Waals surface area contributed by atoms with E-state index in [0.717, 1.165) is 13.0 Å². The number of nitrogens with two attached hydrogens (primary N) is 1. The van der Waals surface area contributed by atoms with Crippen LogP contribution in [0.25, 0.3) is 0 Å². The maximum atomic E-state index is 5.41. The van der Waals surface area contributed by atoms with Crippen molar-refractivity contribution in [2.45, 2.75) is 13.3 Å². The molecule has 0 fully saturated rings. The second-order valence-corrected chi connectivity index (χ2v) is 3.81. The van der Waals surface area contributed by atoms with Crippen molar-refractivity contribution in [3.8, 4) is 5.88 Å². The average molecular weight is 291 g/mol. The van der Waals surface area contributed by atoms with E-state index in [4.69, 9.17) is 15.3 Å². The monoisotopic (exact) mass is 290 g/mol. The van der Waals surface area contributed by atoms with Gasteiger partial charge in [0.25, 0.3) is 0 Å². The number of nitrogen functional groups attached to an aromatic ring is 1. The predicted molar refractivity (Wildman–Crippen MR) is 64.1 cm³/mol. The summed E-state index contributed by atoms with van der Waals surface area (Å²) in [5.41, 5.74) is 2.35. The normalized spacial score (nSPS) is 10.2. The molecule has 7 heteroatoms. The lowest BCUT2D eigenvalue weighted by Gasteiger charge is -2.08. The van der Waals surface area contributed by atoms with E-state index in [9.17, 15) is 0 Å². The Kier molecular flexibility index (Phi) is 6.05. The Bertz CT molecular complexity index is 324. The molecule has 0 unspecified atom stereocenters. The van der Waals surface area contributed by atoms with Crippen LogP contribution < -0.4 is 16.0 Å². The Morgan fingerprint density at radius 3 is 2.94 bits per heavy atom. The summed E-state index contributed by atoms with van der Waals surface area (Å²) in [6.07, 6.45) is 2.57. The van der Waals surface area contributed by atoms with Gasteiger partial charge in [0, 0.05) is 6.61 Å². The van der Waals surface area contributed by atoms with Gasteiger partial charge in [0.2, 0.25) is 11.8 Å². The summed E-state index contributed by atoms with van der Waals surface area (Å²) < 4.78 is 11.4. The van der Waals surface area contributed by atoms with Crippen LogP contribution in [0.15, 0.2) is 10.7 Å². The van der Waals surface area contributed by atoms with Crippen molar-refractivity contribution in [2.75, 3.05) is 25.2 Å². The van der Waals surface area contributed by atoms with Crippen molar-refractivity contribution in [3.05, 3.63) is 10.7 Å². The van der Waals surface area contributed by atoms with Gasteiger partial charge in [-0.3, -0.25) is 5.43 Å². The molecule has 0 aliphatic rings. The summed E-state index contributed by atoms with van der Waals surface area (Å²) in [6.45, 7) is 3.78. The van der Waals surface area contributed by atoms with Gasteiger partial charge in [0.05, 0.1) is 17.3 Å². The molecule has 0 atom stereocenters. The molecule has 1 heterocycles. The minimum absolute atomic E-state index is 0.313. The lowest BCUT2D eigenvalue weighted by Crippen LogP contribution is -2.12. The number of ether oxygens (including phenoxy) is 2. The molecule has 0 aromatic carbocycles. The average Bonchev–Trinajstić information content (AvgIpc) is 2.31. The quantitative estimate of drug-likeness (QED) is 0.448. The fourth-order valence-corrected chi connectivity index (χ4v) is 1.27. The van der Waals surface area contributed by atoms with E-state index < -0.39 is 0 Å². The highest BCUT2D eigenvalue weighted by Crippen LogP contribution is 2.21. The fourth-order valence-electron chi connectivity index (χ4n) is 0.966. The number of anilines is 1. The molecule has 0 spiro atoms. The maximum absolute atomic E-state index is 5.41. The van der Waals surface area contributed by atoms with Crippen molar-refractivity contribution in [3.63, 3.8) is 0 Å². The Balaban J connectivity index is 2.40. The van der Waals surface area contributed by atoms with E-state index in [1.54, 1.807) is 6.20 Å².